The van der Waals surface area contributed by atoms with Gasteiger partial charge < -0.3 is 15.2 Å². The minimum Gasteiger partial charge on any atom is -0.481 e. The van der Waals surface area contributed by atoms with E-state index in [0.717, 1.165) is 30.5 Å². The zero-order valence-corrected chi connectivity index (χ0v) is 13.4. The molecule has 1 aromatic rings. The van der Waals surface area contributed by atoms with Gasteiger partial charge in [-0.3, -0.25) is 14.3 Å². The highest BCUT2D eigenvalue weighted by atomic mass is 16.5. The fourth-order valence-electron chi connectivity index (χ4n) is 3.59. The largest absolute Gasteiger partial charge is 0.481 e. The topological polar surface area (TPSA) is 93.5 Å². The van der Waals surface area contributed by atoms with Gasteiger partial charge in [0.25, 0.3) is 5.91 Å². The maximum Gasteiger partial charge on any atom is 0.303 e. The van der Waals surface area contributed by atoms with Crippen LogP contribution in [-0.2, 0) is 28.9 Å². The summed E-state index contributed by atoms with van der Waals surface area (Å²) in [6.45, 7) is 4.59. The Morgan fingerprint density at radius 3 is 2.83 bits per heavy atom. The molecule has 0 aliphatic carbocycles. The average molecular weight is 321 g/mol. The third-order valence-electron chi connectivity index (χ3n) is 4.95. The number of aromatic nitrogens is 2. The van der Waals surface area contributed by atoms with Gasteiger partial charge in [-0.15, -0.1) is 0 Å². The second kappa shape index (κ2) is 6.31. The Balaban J connectivity index is 1.98. The molecule has 1 saturated heterocycles. The summed E-state index contributed by atoms with van der Waals surface area (Å²) in [5.41, 5.74) is 2.30. The summed E-state index contributed by atoms with van der Waals surface area (Å²) in [5.74, 6) is -0.942. The molecule has 1 spiro atoms. The highest BCUT2D eigenvalue weighted by molar-refractivity contribution is 5.94. The van der Waals surface area contributed by atoms with Crippen LogP contribution in [-0.4, -0.2) is 46.5 Å². The highest BCUT2D eigenvalue weighted by Crippen LogP contribution is 2.37. The van der Waals surface area contributed by atoms with Gasteiger partial charge in [0.2, 0.25) is 0 Å². The van der Waals surface area contributed by atoms with Gasteiger partial charge in [-0.2, -0.15) is 5.10 Å². The van der Waals surface area contributed by atoms with Crippen LogP contribution in [0.5, 0.6) is 0 Å². The number of carbonyl (C=O) groups is 2. The fourth-order valence-corrected chi connectivity index (χ4v) is 3.59. The van der Waals surface area contributed by atoms with Gasteiger partial charge in [0.1, 0.15) is 5.69 Å². The SMILES string of the molecule is CCn1nc(CCC(=O)O)c2c1C(=O)NCC1(CCOCC1)C2. The molecule has 1 fully saturated rings. The van der Waals surface area contributed by atoms with Crippen molar-refractivity contribution in [2.75, 3.05) is 19.8 Å². The molecule has 23 heavy (non-hydrogen) atoms. The number of aliphatic carboxylic acids is 1. The van der Waals surface area contributed by atoms with E-state index in [1.54, 1.807) is 4.68 Å². The van der Waals surface area contributed by atoms with Crippen LogP contribution in [0.3, 0.4) is 0 Å². The number of carboxylic acids is 1. The van der Waals surface area contributed by atoms with Gasteiger partial charge in [0, 0.05) is 38.3 Å². The lowest BCUT2D eigenvalue weighted by molar-refractivity contribution is -0.136. The van der Waals surface area contributed by atoms with Crippen molar-refractivity contribution in [1.82, 2.24) is 15.1 Å². The van der Waals surface area contributed by atoms with Crippen LogP contribution in [0, 0.1) is 5.41 Å². The van der Waals surface area contributed by atoms with Crippen molar-refractivity contribution >= 4 is 11.9 Å². The smallest absolute Gasteiger partial charge is 0.303 e. The predicted octanol–water partition coefficient (Wildman–Crippen LogP) is 1.00. The van der Waals surface area contributed by atoms with Gasteiger partial charge in [-0.05, 0) is 31.6 Å². The van der Waals surface area contributed by atoms with Crippen molar-refractivity contribution in [1.29, 1.82) is 0 Å². The van der Waals surface area contributed by atoms with E-state index in [9.17, 15) is 9.59 Å². The molecule has 0 aromatic carbocycles. The maximum absolute atomic E-state index is 12.5. The van der Waals surface area contributed by atoms with Gasteiger partial charge >= 0.3 is 5.97 Å². The van der Waals surface area contributed by atoms with Gasteiger partial charge in [-0.1, -0.05) is 0 Å². The summed E-state index contributed by atoms with van der Waals surface area (Å²) in [6.07, 6.45) is 2.97. The predicted molar refractivity (Wildman–Crippen MR) is 82.4 cm³/mol. The highest BCUT2D eigenvalue weighted by Gasteiger charge is 2.39. The van der Waals surface area contributed by atoms with Crippen LogP contribution in [0.25, 0.3) is 0 Å². The number of aryl methyl sites for hydroxylation is 2. The van der Waals surface area contributed by atoms with Crippen molar-refractivity contribution in [2.45, 2.75) is 45.6 Å². The number of hydrogen-bond donors (Lipinski definition) is 2. The van der Waals surface area contributed by atoms with Crippen LogP contribution in [0.2, 0.25) is 0 Å². The third-order valence-corrected chi connectivity index (χ3v) is 4.95. The summed E-state index contributed by atoms with van der Waals surface area (Å²) in [7, 11) is 0. The Labute approximate surface area is 135 Å². The molecule has 2 N–H and O–H groups in total. The third kappa shape index (κ3) is 3.10. The van der Waals surface area contributed by atoms with E-state index < -0.39 is 5.97 Å². The Hall–Kier alpha value is -1.89. The first-order chi connectivity index (χ1) is 11.0. The van der Waals surface area contributed by atoms with Crippen LogP contribution in [0.15, 0.2) is 0 Å². The van der Waals surface area contributed by atoms with E-state index >= 15 is 0 Å². The first-order valence-corrected chi connectivity index (χ1v) is 8.21. The lowest BCUT2D eigenvalue weighted by Crippen LogP contribution is -2.40. The monoisotopic (exact) mass is 321 g/mol. The molecule has 0 bridgehead atoms. The van der Waals surface area contributed by atoms with Crippen molar-refractivity contribution < 1.29 is 19.4 Å². The summed E-state index contributed by atoms with van der Waals surface area (Å²) < 4.78 is 7.19. The van der Waals surface area contributed by atoms with E-state index in [4.69, 9.17) is 9.84 Å². The summed E-state index contributed by atoms with van der Waals surface area (Å²) in [6, 6.07) is 0. The van der Waals surface area contributed by atoms with Crippen LogP contribution in [0.4, 0.5) is 0 Å². The first-order valence-electron chi connectivity index (χ1n) is 8.21. The molecule has 3 heterocycles. The number of rotatable bonds is 4. The van der Waals surface area contributed by atoms with Gasteiger partial charge in [0.05, 0.1) is 12.1 Å². The minimum atomic E-state index is -0.844. The number of nitrogens with one attached hydrogen (secondary N) is 1. The normalized spacial score (nSPS) is 20.0. The molecule has 0 radical (unpaired) electrons. The lowest BCUT2D eigenvalue weighted by atomic mass is 9.75. The minimum absolute atomic E-state index is 0.00125. The maximum atomic E-state index is 12.5. The number of hydrogen-bond acceptors (Lipinski definition) is 4. The molecule has 0 unspecified atom stereocenters. The van der Waals surface area contributed by atoms with Crippen molar-refractivity contribution in [2.24, 2.45) is 5.41 Å². The van der Waals surface area contributed by atoms with E-state index in [1.807, 2.05) is 6.92 Å². The lowest BCUT2D eigenvalue weighted by Gasteiger charge is -2.36. The van der Waals surface area contributed by atoms with Crippen molar-refractivity contribution in [3.05, 3.63) is 17.0 Å². The molecule has 7 nitrogen and oxygen atoms in total. The zero-order valence-electron chi connectivity index (χ0n) is 13.4. The molecule has 2 aliphatic heterocycles. The van der Waals surface area contributed by atoms with E-state index in [2.05, 4.69) is 10.4 Å². The number of nitrogens with zero attached hydrogens (tertiary/aromatic N) is 2. The van der Waals surface area contributed by atoms with Crippen molar-refractivity contribution in [3.8, 4) is 0 Å². The second-order valence-electron chi connectivity index (χ2n) is 6.46. The van der Waals surface area contributed by atoms with Crippen LogP contribution in [0.1, 0.15) is 47.9 Å². The summed E-state index contributed by atoms with van der Waals surface area (Å²) in [4.78, 5) is 23.5. The molecule has 0 saturated carbocycles. The molecule has 2 aliphatic rings. The molecular formula is C16H23N3O4. The Kier molecular flexibility index (Phi) is 4.39. The number of ether oxygens (including phenoxy) is 1. The Morgan fingerprint density at radius 1 is 1.43 bits per heavy atom. The van der Waals surface area contributed by atoms with Gasteiger partial charge in [0.15, 0.2) is 0 Å². The number of carbonyl (C=O) groups excluding carboxylic acids is 1. The average Bonchev–Trinajstić information content (AvgIpc) is 2.82. The quantitative estimate of drug-likeness (QED) is 0.863. The summed E-state index contributed by atoms with van der Waals surface area (Å²) in [5, 5.41) is 16.5. The second-order valence-corrected chi connectivity index (χ2v) is 6.46. The molecule has 126 valence electrons. The molecule has 0 atom stereocenters. The number of fused-ring (bicyclic) bond motifs is 1. The molecule has 1 aromatic heterocycles. The Morgan fingerprint density at radius 2 is 2.17 bits per heavy atom. The van der Waals surface area contributed by atoms with Crippen LogP contribution < -0.4 is 5.32 Å². The Bertz CT molecular complexity index is 617. The number of amides is 1. The molecule has 3 rings (SSSR count). The van der Waals surface area contributed by atoms with E-state index in [0.29, 0.717) is 38.4 Å². The summed E-state index contributed by atoms with van der Waals surface area (Å²) >= 11 is 0. The van der Waals surface area contributed by atoms with Crippen molar-refractivity contribution in [3.63, 3.8) is 0 Å². The molecule has 7 heteroatoms. The van der Waals surface area contributed by atoms with E-state index in [-0.39, 0.29) is 17.7 Å². The zero-order chi connectivity index (χ0) is 16.4. The van der Waals surface area contributed by atoms with E-state index in [1.165, 1.54) is 0 Å². The molecule has 1 amide bonds. The standard InChI is InChI=1S/C16H23N3O4/c1-2-19-14-11(12(18-19)3-4-13(20)21)9-16(10-17-15(14)22)5-7-23-8-6-16/h2-10H2,1H3,(H,17,22)(H,20,21). The van der Waals surface area contributed by atoms with Crippen LogP contribution >= 0.6 is 0 Å². The number of carboxylic acid groups (broad SMARTS) is 1. The van der Waals surface area contributed by atoms with Gasteiger partial charge in [-0.25, -0.2) is 0 Å². The first kappa shape index (κ1) is 16.0. The molecular weight excluding hydrogens is 298 g/mol. The fraction of sp³-hybridized carbons (Fsp3) is 0.688.